The lowest BCUT2D eigenvalue weighted by Crippen LogP contribution is -1.92. The van der Waals surface area contributed by atoms with Crippen LogP contribution in [-0.4, -0.2) is 0 Å². The Bertz CT molecular complexity index is 1090. The Morgan fingerprint density at radius 2 is 1.44 bits per heavy atom. The normalized spacial score (nSPS) is 12.9. The van der Waals surface area contributed by atoms with Gasteiger partial charge in [-0.2, -0.15) is 0 Å². The number of aryl methyl sites for hydroxylation is 2. The molecule has 0 saturated heterocycles. The van der Waals surface area contributed by atoms with Gasteiger partial charge in [-0.15, -0.1) is 0 Å². The molecule has 1 heteroatoms. The summed E-state index contributed by atoms with van der Waals surface area (Å²) in [6.07, 6.45) is 4.76. The molecule has 1 aliphatic carbocycles. The largest absolute Gasteiger partial charge is 0.457 e. The average molecular weight is 350 g/mol. The van der Waals surface area contributed by atoms with Crippen molar-refractivity contribution in [1.29, 1.82) is 0 Å². The van der Waals surface area contributed by atoms with Crippen LogP contribution in [0.1, 0.15) is 28.7 Å². The molecule has 0 aliphatic heterocycles. The molecule has 5 rings (SSSR count). The maximum absolute atomic E-state index is 6.16. The number of hydrogen-bond donors (Lipinski definition) is 0. The van der Waals surface area contributed by atoms with E-state index in [4.69, 9.17) is 4.74 Å². The van der Waals surface area contributed by atoms with E-state index >= 15 is 0 Å². The Balaban J connectivity index is 1.34. The quantitative estimate of drug-likeness (QED) is 0.397. The van der Waals surface area contributed by atoms with Gasteiger partial charge in [-0.3, -0.25) is 0 Å². The molecule has 0 unspecified atom stereocenters. The molecule has 1 nitrogen and oxygen atoms in total. The Hall–Kier alpha value is -3.06. The van der Waals surface area contributed by atoms with Gasteiger partial charge in [0.1, 0.15) is 11.5 Å². The predicted molar refractivity (Wildman–Crippen MR) is 112 cm³/mol. The number of benzene rings is 4. The van der Waals surface area contributed by atoms with Crippen molar-refractivity contribution in [2.24, 2.45) is 0 Å². The van der Waals surface area contributed by atoms with E-state index in [-0.39, 0.29) is 0 Å². The zero-order chi connectivity index (χ0) is 18.1. The van der Waals surface area contributed by atoms with E-state index in [1.54, 1.807) is 5.56 Å². The SMILES string of the molecule is c1ccc2c(Oc3ccc(Cc4ccc5c(c4)CCC5)cc3)cccc2c1. The second-order valence-electron chi connectivity index (χ2n) is 7.36. The van der Waals surface area contributed by atoms with Crippen LogP contribution in [0.5, 0.6) is 11.5 Å². The summed E-state index contributed by atoms with van der Waals surface area (Å²) in [4.78, 5) is 0. The number of ether oxygens (including phenoxy) is 1. The maximum atomic E-state index is 6.16. The summed E-state index contributed by atoms with van der Waals surface area (Å²) in [5, 5.41) is 2.34. The summed E-state index contributed by atoms with van der Waals surface area (Å²) in [5.74, 6) is 1.78. The summed E-state index contributed by atoms with van der Waals surface area (Å²) >= 11 is 0. The van der Waals surface area contributed by atoms with Crippen molar-refractivity contribution in [2.45, 2.75) is 25.7 Å². The minimum atomic E-state index is 0.879. The summed E-state index contributed by atoms with van der Waals surface area (Å²) in [7, 11) is 0. The fourth-order valence-electron chi connectivity index (χ4n) is 4.06. The van der Waals surface area contributed by atoms with Crippen LogP contribution in [0.25, 0.3) is 10.8 Å². The van der Waals surface area contributed by atoms with Crippen LogP contribution in [0, 0.1) is 0 Å². The van der Waals surface area contributed by atoms with Crippen molar-refractivity contribution >= 4 is 10.8 Å². The van der Waals surface area contributed by atoms with Crippen molar-refractivity contribution in [3.8, 4) is 11.5 Å². The van der Waals surface area contributed by atoms with Crippen LogP contribution >= 0.6 is 0 Å². The minimum Gasteiger partial charge on any atom is -0.457 e. The zero-order valence-electron chi connectivity index (χ0n) is 15.3. The Morgan fingerprint density at radius 1 is 0.667 bits per heavy atom. The number of hydrogen-bond acceptors (Lipinski definition) is 1. The monoisotopic (exact) mass is 350 g/mol. The molecule has 4 aromatic rings. The van der Waals surface area contributed by atoms with Crippen molar-refractivity contribution in [2.75, 3.05) is 0 Å². The summed E-state index contributed by atoms with van der Waals surface area (Å²) < 4.78 is 6.16. The maximum Gasteiger partial charge on any atom is 0.135 e. The first-order chi connectivity index (χ1) is 13.3. The van der Waals surface area contributed by atoms with Crippen LogP contribution < -0.4 is 4.74 Å². The predicted octanol–water partition coefficient (Wildman–Crippen LogP) is 6.71. The van der Waals surface area contributed by atoms with Crippen LogP contribution in [-0.2, 0) is 19.3 Å². The number of rotatable bonds is 4. The van der Waals surface area contributed by atoms with Gasteiger partial charge in [-0.25, -0.2) is 0 Å². The van der Waals surface area contributed by atoms with Crippen molar-refractivity contribution in [3.63, 3.8) is 0 Å². The van der Waals surface area contributed by atoms with Gasteiger partial charge in [0, 0.05) is 5.39 Å². The van der Waals surface area contributed by atoms with Gasteiger partial charge >= 0.3 is 0 Å². The first kappa shape index (κ1) is 16.1. The fourth-order valence-corrected chi connectivity index (χ4v) is 4.06. The highest BCUT2D eigenvalue weighted by molar-refractivity contribution is 5.88. The van der Waals surface area contributed by atoms with Crippen LogP contribution in [0.3, 0.4) is 0 Å². The standard InChI is InChI=1S/C26H22O/c1-2-9-25-22(5-1)7-4-10-26(25)27-24-15-12-19(13-16-24)17-20-11-14-21-6-3-8-23(21)18-20/h1-2,4-5,7,9-16,18H,3,6,8,17H2. The van der Waals surface area contributed by atoms with Crippen LogP contribution in [0.2, 0.25) is 0 Å². The highest BCUT2D eigenvalue weighted by Gasteiger charge is 2.11. The third-order valence-electron chi connectivity index (χ3n) is 5.47. The molecule has 0 saturated carbocycles. The van der Waals surface area contributed by atoms with Gasteiger partial charge < -0.3 is 4.74 Å². The van der Waals surface area contributed by atoms with Crippen molar-refractivity contribution in [3.05, 3.63) is 107 Å². The molecule has 1 aliphatic rings. The fraction of sp³-hybridized carbons (Fsp3) is 0.154. The molecule has 0 bridgehead atoms. The van der Waals surface area contributed by atoms with E-state index in [1.165, 1.54) is 41.3 Å². The minimum absolute atomic E-state index is 0.879. The summed E-state index contributed by atoms with van der Waals surface area (Å²) in [5.41, 5.74) is 5.80. The lowest BCUT2D eigenvalue weighted by atomic mass is 10.0. The van der Waals surface area contributed by atoms with Crippen LogP contribution in [0.4, 0.5) is 0 Å². The molecule has 0 amide bonds. The third-order valence-corrected chi connectivity index (χ3v) is 5.47. The molecule has 0 N–H and O–H groups in total. The lowest BCUT2D eigenvalue weighted by molar-refractivity contribution is 0.488. The summed E-state index contributed by atoms with van der Waals surface area (Å²) in [6, 6.07) is 30.0. The van der Waals surface area contributed by atoms with Crippen molar-refractivity contribution in [1.82, 2.24) is 0 Å². The van der Waals surface area contributed by atoms with Gasteiger partial charge in [0.15, 0.2) is 0 Å². The molecular weight excluding hydrogens is 328 g/mol. The van der Waals surface area contributed by atoms with Gasteiger partial charge in [0.05, 0.1) is 0 Å². The topological polar surface area (TPSA) is 9.23 Å². The van der Waals surface area contributed by atoms with Crippen molar-refractivity contribution < 1.29 is 4.74 Å². The smallest absolute Gasteiger partial charge is 0.135 e. The van der Waals surface area contributed by atoms with E-state index in [9.17, 15) is 0 Å². The Kier molecular flexibility index (Phi) is 4.14. The van der Waals surface area contributed by atoms with E-state index in [2.05, 4.69) is 72.8 Å². The second-order valence-corrected chi connectivity index (χ2v) is 7.36. The molecule has 27 heavy (non-hydrogen) atoms. The Labute approximate surface area is 160 Å². The van der Waals surface area contributed by atoms with E-state index in [0.717, 1.165) is 23.3 Å². The molecular formula is C26H22O. The van der Waals surface area contributed by atoms with Gasteiger partial charge in [-0.1, -0.05) is 66.7 Å². The second kappa shape index (κ2) is 6.92. The van der Waals surface area contributed by atoms with E-state index in [0.29, 0.717) is 0 Å². The van der Waals surface area contributed by atoms with Gasteiger partial charge in [0.2, 0.25) is 0 Å². The molecule has 0 radical (unpaired) electrons. The Morgan fingerprint density at radius 3 is 2.37 bits per heavy atom. The molecule has 4 aromatic carbocycles. The van der Waals surface area contributed by atoms with Gasteiger partial charge in [-0.05, 0) is 71.5 Å². The first-order valence-corrected chi connectivity index (χ1v) is 9.70. The third kappa shape index (κ3) is 3.33. The molecule has 0 aromatic heterocycles. The molecule has 0 fully saturated rings. The molecule has 132 valence electrons. The van der Waals surface area contributed by atoms with E-state index in [1.807, 2.05) is 12.1 Å². The lowest BCUT2D eigenvalue weighted by Gasteiger charge is -2.10. The summed E-state index contributed by atoms with van der Waals surface area (Å²) in [6.45, 7) is 0. The highest BCUT2D eigenvalue weighted by Crippen LogP contribution is 2.30. The molecule has 0 atom stereocenters. The molecule has 0 heterocycles. The van der Waals surface area contributed by atoms with Crippen LogP contribution in [0.15, 0.2) is 84.9 Å². The van der Waals surface area contributed by atoms with E-state index < -0.39 is 0 Å². The number of fused-ring (bicyclic) bond motifs is 2. The zero-order valence-corrected chi connectivity index (χ0v) is 15.3. The van der Waals surface area contributed by atoms with Gasteiger partial charge in [0.25, 0.3) is 0 Å². The highest BCUT2D eigenvalue weighted by atomic mass is 16.5. The first-order valence-electron chi connectivity index (χ1n) is 9.70. The molecule has 0 spiro atoms. The average Bonchev–Trinajstić information content (AvgIpc) is 3.18.